The molecule has 6 heteroatoms. The molecule has 0 unspecified atom stereocenters. The Morgan fingerprint density at radius 2 is 2.29 bits per heavy atom. The minimum atomic E-state index is -0.0786. The quantitative estimate of drug-likeness (QED) is 0.879. The van der Waals surface area contributed by atoms with Crippen LogP contribution in [0.25, 0.3) is 10.1 Å². The molecule has 0 bridgehead atoms. The standard InChI is InChI=1S/C15H17ClN2OS2/c1-20-15(5-2-6-15)8-18-14(19)13-12(17)10-7-9(16)3-4-11(10)21-13/h3-4,7H,2,5-6,8,17H2,1H3,(H,18,19). The maximum atomic E-state index is 12.4. The van der Waals surface area contributed by atoms with E-state index in [1.54, 1.807) is 0 Å². The minimum absolute atomic E-state index is 0.0786. The zero-order valence-corrected chi connectivity index (χ0v) is 14.1. The Morgan fingerprint density at radius 3 is 2.90 bits per heavy atom. The number of carbonyl (C=O) groups excluding carboxylic acids is 1. The number of carbonyl (C=O) groups is 1. The largest absolute Gasteiger partial charge is 0.397 e. The van der Waals surface area contributed by atoms with Gasteiger partial charge in [0.25, 0.3) is 5.91 Å². The van der Waals surface area contributed by atoms with E-state index in [9.17, 15) is 4.79 Å². The van der Waals surface area contributed by atoms with Crippen LogP contribution in [-0.2, 0) is 0 Å². The third kappa shape index (κ3) is 2.74. The fourth-order valence-corrected chi connectivity index (χ4v) is 4.71. The SMILES string of the molecule is CSC1(CNC(=O)c2sc3ccc(Cl)cc3c2N)CCC1. The zero-order chi connectivity index (χ0) is 15.0. The Hall–Kier alpha value is -0.910. The van der Waals surface area contributed by atoms with Gasteiger partial charge in [0.2, 0.25) is 0 Å². The second kappa shape index (κ2) is 5.71. The van der Waals surface area contributed by atoms with Gasteiger partial charge in [0.1, 0.15) is 4.88 Å². The van der Waals surface area contributed by atoms with Crippen LogP contribution in [0.5, 0.6) is 0 Å². The fourth-order valence-electron chi connectivity index (χ4n) is 2.60. The van der Waals surface area contributed by atoms with Crippen molar-refractivity contribution in [3.05, 3.63) is 28.1 Å². The second-order valence-corrected chi connectivity index (χ2v) is 8.17. The number of hydrogen-bond donors (Lipinski definition) is 2. The van der Waals surface area contributed by atoms with Gasteiger partial charge in [0.05, 0.1) is 5.69 Å². The summed E-state index contributed by atoms with van der Waals surface area (Å²) in [5.74, 6) is -0.0786. The second-order valence-electron chi connectivity index (χ2n) is 5.41. The average Bonchev–Trinajstić information content (AvgIpc) is 2.75. The molecule has 0 aliphatic heterocycles. The molecule has 2 aromatic rings. The van der Waals surface area contributed by atoms with Crippen molar-refractivity contribution in [1.82, 2.24) is 5.32 Å². The Morgan fingerprint density at radius 1 is 1.52 bits per heavy atom. The smallest absolute Gasteiger partial charge is 0.263 e. The molecular weight excluding hydrogens is 324 g/mol. The number of amides is 1. The molecule has 3 nitrogen and oxygen atoms in total. The van der Waals surface area contributed by atoms with E-state index in [0.29, 0.717) is 22.1 Å². The summed E-state index contributed by atoms with van der Waals surface area (Å²) in [6, 6.07) is 5.54. The first-order valence-corrected chi connectivity index (χ1v) is 9.27. The summed E-state index contributed by atoms with van der Waals surface area (Å²) in [7, 11) is 0. The van der Waals surface area contributed by atoms with Gasteiger partial charge in [-0.3, -0.25) is 4.79 Å². The summed E-state index contributed by atoms with van der Waals surface area (Å²) in [6.07, 6.45) is 5.71. The summed E-state index contributed by atoms with van der Waals surface area (Å²) in [4.78, 5) is 13.0. The van der Waals surface area contributed by atoms with Crippen LogP contribution in [0.1, 0.15) is 28.9 Å². The van der Waals surface area contributed by atoms with Crippen molar-refractivity contribution >= 4 is 56.4 Å². The van der Waals surface area contributed by atoms with E-state index in [1.807, 2.05) is 30.0 Å². The van der Waals surface area contributed by atoms with Crippen LogP contribution < -0.4 is 11.1 Å². The first kappa shape index (κ1) is 15.0. The summed E-state index contributed by atoms with van der Waals surface area (Å²) in [5, 5.41) is 4.54. The van der Waals surface area contributed by atoms with Crippen molar-refractivity contribution in [3.8, 4) is 0 Å². The van der Waals surface area contributed by atoms with E-state index in [4.69, 9.17) is 17.3 Å². The molecule has 1 aliphatic rings. The zero-order valence-electron chi connectivity index (χ0n) is 11.7. The summed E-state index contributed by atoms with van der Waals surface area (Å²) >= 11 is 9.26. The average molecular weight is 341 g/mol. The first-order valence-electron chi connectivity index (χ1n) is 6.85. The van der Waals surface area contributed by atoms with E-state index in [1.165, 1.54) is 30.6 Å². The van der Waals surface area contributed by atoms with Gasteiger partial charge in [-0.2, -0.15) is 11.8 Å². The van der Waals surface area contributed by atoms with Crippen molar-refractivity contribution in [2.75, 3.05) is 18.5 Å². The van der Waals surface area contributed by atoms with Crippen LogP contribution in [0.2, 0.25) is 5.02 Å². The van der Waals surface area contributed by atoms with Crippen LogP contribution in [-0.4, -0.2) is 23.5 Å². The lowest BCUT2D eigenvalue weighted by atomic mass is 9.84. The van der Waals surface area contributed by atoms with Gasteiger partial charge in [-0.05, 0) is 37.3 Å². The molecule has 21 heavy (non-hydrogen) atoms. The predicted molar refractivity (Wildman–Crippen MR) is 93.7 cm³/mol. The third-order valence-corrected chi connectivity index (χ3v) is 7.00. The summed E-state index contributed by atoms with van der Waals surface area (Å²) in [6.45, 7) is 0.710. The molecule has 112 valence electrons. The molecule has 1 heterocycles. The molecule has 0 radical (unpaired) electrons. The molecule has 1 aromatic carbocycles. The lowest BCUT2D eigenvalue weighted by Gasteiger charge is -2.40. The molecule has 3 N–H and O–H groups in total. The number of halogens is 1. The molecule has 1 amide bonds. The lowest BCUT2D eigenvalue weighted by Crippen LogP contribution is -2.45. The molecule has 0 atom stereocenters. The van der Waals surface area contributed by atoms with Crippen LogP contribution in [0, 0.1) is 0 Å². The highest BCUT2D eigenvalue weighted by Crippen LogP contribution is 2.42. The highest BCUT2D eigenvalue weighted by atomic mass is 35.5. The van der Waals surface area contributed by atoms with E-state index < -0.39 is 0 Å². The number of anilines is 1. The number of nitrogens with two attached hydrogens (primary N) is 1. The number of nitrogen functional groups attached to an aromatic ring is 1. The minimum Gasteiger partial charge on any atom is -0.397 e. The summed E-state index contributed by atoms with van der Waals surface area (Å²) < 4.78 is 1.22. The summed E-state index contributed by atoms with van der Waals surface area (Å²) in [5.41, 5.74) is 6.64. The number of nitrogens with one attached hydrogen (secondary N) is 1. The predicted octanol–water partition coefficient (Wildman–Crippen LogP) is 4.15. The van der Waals surface area contributed by atoms with Crippen molar-refractivity contribution < 1.29 is 4.79 Å². The number of benzene rings is 1. The number of rotatable bonds is 4. The number of hydrogen-bond acceptors (Lipinski definition) is 4. The van der Waals surface area contributed by atoms with Crippen LogP contribution >= 0.6 is 34.7 Å². The lowest BCUT2D eigenvalue weighted by molar-refractivity contribution is 0.0949. The van der Waals surface area contributed by atoms with Crippen LogP contribution in [0.15, 0.2) is 18.2 Å². The molecule has 1 aliphatic carbocycles. The van der Waals surface area contributed by atoms with Crippen molar-refractivity contribution in [2.45, 2.75) is 24.0 Å². The Kier molecular flexibility index (Phi) is 4.08. The van der Waals surface area contributed by atoms with Crippen molar-refractivity contribution in [2.24, 2.45) is 0 Å². The molecule has 1 fully saturated rings. The van der Waals surface area contributed by atoms with Gasteiger partial charge in [-0.15, -0.1) is 11.3 Å². The third-order valence-electron chi connectivity index (χ3n) is 4.16. The van der Waals surface area contributed by atoms with Gasteiger partial charge in [-0.1, -0.05) is 18.0 Å². The maximum Gasteiger partial charge on any atom is 0.263 e. The topological polar surface area (TPSA) is 55.1 Å². The molecule has 0 spiro atoms. The van der Waals surface area contributed by atoms with Gasteiger partial charge in [-0.25, -0.2) is 0 Å². The van der Waals surface area contributed by atoms with E-state index in [-0.39, 0.29) is 10.7 Å². The van der Waals surface area contributed by atoms with E-state index in [2.05, 4.69) is 11.6 Å². The normalized spacial score (nSPS) is 16.7. The highest BCUT2D eigenvalue weighted by molar-refractivity contribution is 8.00. The first-order chi connectivity index (χ1) is 10.0. The number of fused-ring (bicyclic) bond motifs is 1. The van der Waals surface area contributed by atoms with Crippen LogP contribution in [0.4, 0.5) is 5.69 Å². The molecule has 0 saturated heterocycles. The fraction of sp³-hybridized carbons (Fsp3) is 0.400. The monoisotopic (exact) mass is 340 g/mol. The maximum absolute atomic E-state index is 12.4. The van der Waals surface area contributed by atoms with Gasteiger partial charge >= 0.3 is 0 Å². The Balaban J connectivity index is 1.80. The van der Waals surface area contributed by atoms with Crippen LogP contribution in [0.3, 0.4) is 0 Å². The molecule has 3 rings (SSSR count). The van der Waals surface area contributed by atoms with E-state index in [0.717, 1.165) is 10.1 Å². The molecule has 1 saturated carbocycles. The van der Waals surface area contributed by atoms with Gasteiger partial charge < -0.3 is 11.1 Å². The molecule has 1 aromatic heterocycles. The van der Waals surface area contributed by atoms with Gasteiger partial charge in [0.15, 0.2) is 0 Å². The van der Waals surface area contributed by atoms with Gasteiger partial charge in [0, 0.05) is 26.4 Å². The van der Waals surface area contributed by atoms with Crippen molar-refractivity contribution in [3.63, 3.8) is 0 Å². The van der Waals surface area contributed by atoms with Crippen molar-refractivity contribution in [1.29, 1.82) is 0 Å². The highest BCUT2D eigenvalue weighted by Gasteiger charge is 2.36. The Bertz CT molecular complexity index is 689. The number of thioether (sulfide) groups is 1. The Labute approximate surface area is 137 Å². The number of thiophene rings is 1. The molecular formula is C15H17ClN2OS2. The van der Waals surface area contributed by atoms with E-state index >= 15 is 0 Å².